The lowest BCUT2D eigenvalue weighted by Crippen LogP contribution is -2.60. The molecule has 77 heavy (non-hydrogen) atoms. The molecule has 19 heteroatoms. The number of hydrogen-bond acceptors (Lipinski definition) is 11. The van der Waals surface area contributed by atoms with Gasteiger partial charge in [0.15, 0.2) is 5.78 Å². The first-order chi connectivity index (χ1) is 37.1. The predicted molar refractivity (Wildman–Crippen MR) is 292 cm³/mol. The van der Waals surface area contributed by atoms with Gasteiger partial charge in [-0.25, -0.2) is 23.4 Å². The van der Waals surface area contributed by atoms with Gasteiger partial charge in [0.25, 0.3) is 5.91 Å². The lowest BCUT2D eigenvalue weighted by Gasteiger charge is -2.31. The predicted octanol–water partition coefficient (Wildman–Crippen LogP) is 6.30. The lowest BCUT2D eigenvalue weighted by atomic mass is 9.83. The molecule has 0 heterocycles. The van der Waals surface area contributed by atoms with Gasteiger partial charge in [0, 0.05) is 12.2 Å². The molecule has 18 nitrogen and oxygen atoms in total. The average Bonchev–Trinajstić information content (AvgIpc) is 3.79. The molecule has 0 aliphatic heterocycles. The maximum atomic E-state index is 14.5. The number of ether oxygens (including phenoxy) is 1. The van der Waals surface area contributed by atoms with E-state index in [1.807, 2.05) is 109 Å². The molecule has 0 spiro atoms. The number of hydrogen-bond donors (Lipinski definition) is 7. The second-order valence-corrected chi connectivity index (χ2v) is 21.6. The van der Waals surface area contributed by atoms with Gasteiger partial charge in [0.1, 0.15) is 40.3 Å². The third-order valence-electron chi connectivity index (χ3n) is 13.7. The van der Waals surface area contributed by atoms with Gasteiger partial charge in [-0.3, -0.25) is 24.0 Å². The minimum atomic E-state index is -4.00. The first-order valence-corrected chi connectivity index (χ1v) is 27.9. The van der Waals surface area contributed by atoms with Gasteiger partial charge in [-0.15, -0.1) is 0 Å². The van der Waals surface area contributed by atoms with E-state index in [-0.39, 0.29) is 30.6 Å². The molecule has 1 fully saturated rings. The molecule has 404 valence electrons. The van der Waals surface area contributed by atoms with Crippen molar-refractivity contribution < 1.29 is 46.7 Å². The third-order valence-corrected chi connectivity index (χ3v) is 14.6. The molecule has 7 rings (SSSR count). The molecule has 2 aliphatic carbocycles. The zero-order chi connectivity index (χ0) is 54.9. The fraction of sp³-hybridized carbons (Fsp3) is 0.345. The highest BCUT2D eigenvalue weighted by Crippen LogP contribution is 2.44. The van der Waals surface area contributed by atoms with Crippen molar-refractivity contribution in [3.05, 3.63) is 167 Å². The summed E-state index contributed by atoms with van der Waals surface area (Å²) in [6, 6.07) is 35.6. The van der Waals surface area contributed by atoms with Crippen molar-refractivity contribution in [2.24, 2.45) is 11.0 Å². The van der Waals surface area contributed by atoms with Crippen LogP contribution in [0.5, 0.6) is 0 Å². The van der Waals surface area contributed by atoms with E-state index in [1.165, 1.54) is 6.92 Å². The third kappa shape index (κ3) is 15.7. The molecule has 7 N–H and O–H groups in total. The second-order valence-electron chi connectivity index (χ2n) is 19.4. The Hall–Kier alpha value is -8.19. The molecule has 1 saturated carbocycles. The zero-order valence-electron chi connectivity index (χ0n) is 43.3. The largest absolute Gasteiger partial charge is 0.449 e. The van der Waals surface area contributed by atoms with Crippen LogP contribution in [0.25, 0.3) is 11.1 Å². The minimum Gasteiger partial charge on any atom is -0.449 e. The summed E-state index contributed by atoms with van der Waals surface area (Å²) in [5.41, 5.74) is 7.94. The Morgan fingerprint density at radius 3 is 1.71 bits per heavy atom. The molecule has 0 radical (unpaired) electrons. The van der Waals surface area contributed by atoms with Crippen LogP contribution >= 0.6 is 0 Å². The van der Waals surface area contributed by atoms with E-state index in [9.17, 15) is 42.0 Å². The van der Waals surface area contributed by atoms with Crippen molar-refractivity contribution >= 4 is 57.1 Å². The normalized spacial score (nSPS) is 15.0. The average molecular weight is 1070 g/mol. The monoisotopic (exact) mass is 1070 g/mol. The Balaban J connectivity index is 1.11. The number of hydrazone groups is 1. The van der Waals surface area contributed by atoms with Crippen LogP contribution in [-0.2, 0) is 38.5 Å². The number of ketones is 1. The molecule has 0 saturated heterocycles. The van der Waals surface area contributed by atoms with Gasteiger partial charge in [-0.2, -0.15) is 5.10 Å². The summed E-state index contributed by atoms with van der Waals surface area (Å²) in [7, 11) is -4.00. The summed E-state index contributed by atoms with van der Waals surface area (Å²) >= 11 is 0. The summed E-state index contributed by atoms with van der Waals surface area (Å²) < 4.78 is 31.9. The maximum absolute atomic E-state index is 14.5. The number of alkyl carbamates (subject to hydrolysis) is 1. The molecular formula is C58H66N8O10S. The Morgan fingerprint density at radius 1 is 0.636 bits per heavy atom. The number of carbonyl (C=O) groups is 7. The van der Waals surface area contributed by atoms with E-state index in [0.29, 0.717) is 24.8 Å². The Kier molecular flexibility index (Phi) is 19.8. The molecule has 7 amide bonds. The Morgan fingerprint density at radius 2 is 1.17 bits per heavy atom. The van der Waals surface area contributed by atoms with Crippen LogP contribution in [0.4, 0.5) is 9.59 Å². The van der Waals surface area contributed by atoms with Gasteiger partial charge in [-0.1, -0.05) is 172 Å². The number of Topliss-reactive ketones (excluding diaryl/α,β-unsaturated/α-hetero) is 1. The molecule has 0 aromatic heterocycles. The molecule has 5 aromatic rings. The standard InChI is InChI=1S/C58H66N8O10S/c1-4-21-47(53(55(70)59-34-49(68)62-50(37(2)67)38-22-9-5-10-23-38)65-66-57(72)63-51(39-24-11-6-12-25-39)40-26-13-7-14-27-40)60-54(69)48(36-77(3,74)75)61-56(71)52(41-28-15-8-16-29-41)64-58(73)76-35-46-44-32-19-17-30-42(44)43-31-18-20-33-45(43)46/h5-7,9-14,17-20,22-27,30-33,41,46-48,50-52H,4,8,15-16,21,28-29,34-36H2,1-3H3,(H,59,70)(H,60,69)(H,61,71)(H,62,68)(H,64,73)(H2,63,66,72)/t47-,48-,50+,52-/m0/s1. The van der Waals surface area contributed by atoms with Gasteiger partial charge >= 0.3 is 12.1 Å². The summed E-state index contributed by atoms with van der Waals surface area (Å²) in [6.07, 6.45) is 3.93. The zero-order valence-corrected chi connectivity index (χ0v) is 44.1. The van der Waals surface area contributed by atoms with Gasteiger partial charge in [0.2, 0.25) is 17.7 Å². The summed E-state index contributed by atoms with van der Waals surface area (Å²) in [4.78, 5) is 96.8. The molecule has 0 bridgehead atoms. The molecular weight excluding hydrogens is 1000 g/mol. The number of nitrogens with zero attached hydrogens (tertiary/aromatic N) is 1. The maximum Gasteiger partial charge on any atom is 0.407 e. The number of sulfone groups is 1. The van der Waals surface area contributed by atoms with Crippen molar-refractivity contribution in [3.8, 4) is 11.1 Å². The smallest absolute Gasteiger partial charge is 0.407 e. The van der Waals surface area contributed by atoms with Gasteiger partial charge in [0.05, 0.1) is 24.4 Å². The van der Waals surface area contributed by atoms with E-state index in [1.54, 1.807) is 37.3 Å². The lowest BCUT2D eigenvalue weighted by molar-refractivity contribution is -0.130. The van der Waals surface area contributed by atoms with Gasteiger partial charge in [-0.05, 0) is 71.0 Å². The highest BCUT2D eigenvalue weighted by Gasteiger charge is 2.37. The van der Waals surface area contributed by atoms with Crippen LogP contribution in [0.1, 0.15) is 105 Å². The number of urea groups is 1. The van der Waals surface area contributed by atoms with E-state index in [0.717, 1.165) is 58.9 Å². The number of fused-ring (bicyclic) bond motifs is 3. The van der Waals surface area contributed by atoms with Crippen molar-refractivity contribution in [2.45, 2.75) is 94.9 Å². The Labute approximate surface area is 448 Å². The van der Waals surface area contributed by atoms with E-state index >= 15 is 0 Å². The highest BCUT2D eigenvalue weighted by molar-refractivity contribution is 7.90. The molecule has 4 atom stereocenters. The van der Waals surface area contributed by atoms with Crippen LogP contribution in [0, 0.1) is 5.92 Å². The highest BCUT2D eigenvalue weighted by atomic mass is 32.2. The molecule has 5 aromatic carbocycles. The Bertz CT molecular complexity index is 2940. The van der Waals surface area contributed by atoms with Crippen molar-refractivity contribution in [2.75, 3.05) is 25.2 Å². The van der Waals surface area contributed by atoms with E-state index in [2.05, 4.69) is 42.4 Å². The first-order valence-electron chi connectivity index (χ1n) is 25.9. The first kappa shape index (κ1) is 56.5. The number of nitrogens with one attached hydrogen (secondary N) is 7. The van der Waals surface area contributed by atoms with E-state index < -0.39 is 93.8 Å². The van der Waals surface area contributed by atoms with Crippen LogP contribution in [0.15, 0.2) is 145 Å². The summed E-state index contributed by atoms with van der Waals surface area (Å²) in [5.74, 6) is -5.46. The number of rotatable bonds is 23. The van der Waals surface area contributed by atoms with E-state index in [4.69, 9.17) is 4.74 Å². The van der Waals surface area contributed by atoms with Crippen LogP contribution in [-0.4, -0.2) is 99.0 Å². The fourth-order valence-electron chi connectivity index (χ4n) is 9.96. The molecule has 2 aliphatic rings. The molecule has 0 unspecified atom stereocenters. The summed E-state index contributed by atoms with van der Waals surface area (Å²) in [6.45, 7) is 2.37. The second kappa shape index (κ2) is 27.0. The van der Waals surface area contributed by atoms with Crippen molar-refractivity contribution in [1.29, 1.82) is 0 Å². The minimum absolute atomic E-state index is 0.00184. The van der Waals surface area contributed by atoms with Gasteiger partial charge < -0.3 is 36.6 Å². The topological polar surface area (TPSA) is 259 Å². The fourth-order valence-corrected chi connectivity index (χ4v) is 10.8. The SMILES string of the molecule is CCC[C@H](NC(=O)[C@H](CS(C)(=O)=O)NC(=O)[C@@H](NC(=O)OCC1c2ccccc2-c2ccccc21)C1CCCCC1)C(=NNC(=O)NC(c1ccccc1)c1ccccc1)C(=O)NCC(=O)N[C@H](C(C)=O)c1ccccc1. The quantitative estimate of drug-likeness (QED) is 0.0284. The van der Waals surface area contributed by atoms with Crippen LogP contribution < -0.4 is 37.3 Å². The van der Waals surface area contributed by atoms with Crippen LogP contribution in [0.2, 0.25) is 0 Å². The number of carbonyl (C=O) groups excluding carboxylic acids is 7. The van der Waals surface area contributed by atoms with Crippen molar-refractivity contribution in [3.63, 3.8) is 0 Å². The van der Waals surface area contributed by atoms with Crippen LogP contribution in [0.3, 0.4) is 0 Å². The number of benzene rings is 5. The summed E-state index contributed by atoms with van der Waals surface area (Å²) in [5, 5.41) is 20.2. The number of amides is 7. The van der Waals surface area contributed by atoms with Crippen molar-refractivity contribution in [1.82, 2.24) is 37.3 Å².